The minimum Gasteiger partial charge on any atom is -0.274 e. The fourth-order valence-corrected chi connectivity index (χ4v) is 1.48. The lowest BCUT2D eigenvalue weighted by Crippen LogP contribution is -2.02. The summed E-state index contributed by atoms with van der Waals surface area (Å²) in [5.41, 5.74) is 2.97. The van der Waals surface area contributed by atoms with Gasteiger partial charge in [0.05, 0.1) is 15.7 Å². The maximum atomic E-state index is 4.14. The van der Waals surface area contributed by atoms with E-state index >= 15 is 0 Å². The summed E-state index contributed by atoms with van der Waals surface area (Å²) in [6.45, 7) is 0. The van der Waals surface area contributed by atoms with E-state index in [0.29, 0.717) is 0 Å². The molecule has 4 N–H and O–H groups in total. The molecule has 0 aliphatic carbocycles. The van der Waals surface area contributed by atoms with Crippen LogP contribution in [0.2, 0.25) is 0 Å². The number of aromatic nitrogens is 1. The van der Waals surface area contributed by atoms with Crippen molar-refractivity contribution < 1.29 is 0 Å². The number of thiazole rings is 1. The molecule has 0 bridgehead atoms. The zero-order valence-corrected chi connectivity index (χ0v) is 6.71. The maximum absolute atomic E-state index is 4.14. The number of nitrogens with two attached hydrogens (primary N) is 2. The van der Waals surface area contributed by atoms with Crippen LogP contribution in [0.25, 0.3) is 10.2 Å². The Morgan fingerprint density at radius 2 is 1.91 bits per heavy atom. The van der Waals surface area contributed by atoms with Gasteiger partial charge in [0.1, 0.15) is 0 Å². The van der Waals surface area contributed by atoms with Crippen LogP contribution in [0.4, 0.5) is 0 Å². The van der Waals surface area contributed by atoms with Gasteiger partial charge >= 0.3 is 0 Å². The second kappa shape index (κ2) is 4.02. The molecule has 3 nitrogen and oxygen atoms in total. The van der Waals surface area contributed by atoms with Crippen molar-refractivity contribution in [3.8, 4) is 0 Å². The SMILES string of the molecule is NN.c1ccc2scnc2c1. The quantitative estimate of drug-likeness (QED) is 0.456. The first-order chi connectivity index (χ1) is 5.47. The highest BCUT2D eigenvalue weighted by atomic mass is 32.1. The summed E-state index contributed by atoms with van der Waals surface area (Å²) < 4.78 is 1.26. The third kappa shape index (κ3) is 1.74. The van der Waals surface area contributed by atoms with Gasteiger partial charge in [0.2, 0.25) is 0 Å². The normalized spacial score (nSPS) is 8.91. The number of benzene rings is 1. The van der Waals surface area contributed by atoms with Crippen molar-refractivity contribution in [3.05, 3.63) is 29.8 Å². The summed E-state index contributed by atoms with van der Waals surface area (Å²) in [6, 6.07) is 8.13. The molecule has 2 rings (SSSR count). The Balaban J connectivity index is 0.000000281. The Hall–Kier alpha value is -0.970. The summed E-state index contributed by atoms with van der Waals surface area (Å²) >= 11 is 1.68. The summed E-state index contributed by atoms with van der Waals surface area (Å²) in [4.78, 5) is 4.14. The van der Waals surface area contributed by atoms with E-state index in [9.17, 15) is 0 Å². The summed E-state index contributed by atoms with van der Waals surface area (Å²) in [7, 11) is 0. The van der Waals surface area contributed by atoms with E-state index in [0.717, 1.165) is 5.52 Å². The second-order valence-corrected chi connectivity index (χ2v) is 2.71. The highest BCUT2D eigenvalue weighted by Crippen LogP contribution is 2.15. The van der Waals surface area contributed by atoms with E-state index in [4.69, 9.17) is 0 Å². The fourth-order valence-electron chi connectivity index (χ4n) is 0.803. The first-order valence-electron chi connectivity index (χ1n) is 3.08. The predicted molar refractivity (Wildman–Crippen MR) is 48.0 cm³/mol. The van der Waals surface area contributed by atoms with E-state index in [1.54, 1.807) is 11.3 Å². The largest absolute Gasteiger partial charge is 0.274 e. The van der Waals surface area contributed by atoms with Crippen molar-refractivity contribution in [2.24, 2.45) is 11.7 Å². The van der Waals surface area contributed by atoms with Gasteiger partial charge in [0, 0.05) is 0 Å². The molecule has 0 saturated carbocycles. The van der Waals surface area contributed by atoms with Crippen molar-refractivity contribution in [2.75, 3.05) is 0 Å². The average Bonchev–Trinajstić information content (AvgIpc) is 2.55. The van der Waals surface area contributed by atoms with Crippen molar-refractivity contribution in [3.63, 3.8) is 0 Å². The van der Waals surface area contributed by atoms with Crippen LogP contribution in [-0.4, -0.2) is 4.98 Å². The third-order valence-corrected chi connectivity index (χ3v) is 2.05. The number of nitrogens with zero attached hydrogens (tertiary/aromatic N) is 1. The van der Waals surface area contributed by atoms with Crippen LogP contribution in [0.5, 0.6) is 0 Å². The molecule has 0 unspecified atom stereocenters. The van der Waals surface area contributed by atoms with Gasteiger partial charge < -0.3 is 0 Å². The number of para-hydroxylation sites is 1. The summed E-state index contributed by atoms with van der Waals surface area (Å²) in [5.74, 6) is 8.00. The van der Waals surface area contributed by atoms with Crippen molar-refractivity contribution in [2.45, 2.75) is 0 Å². The van der Waals surface area contributed by atoms with Crippen molar-refractivity contribution >= 4 is 21.6 Å². The lowest BCUT2D eigenvalue weighted by Gasteiger charge is -1.80. The van der Waals surface area contributed by atoms with E-state index in [2.05, 4.69) is 22.7 Å². The summed E-state index contributed by atoms with van der Waals surface area (Å²) in [6.07, 6.45) is 0. The van der Waals surface area contributed by atoms with Crippen molar-refractivity contribution in [1.82, 2.24) is 4.98 Å². The number of hydrogen-bond donors (Lipinski definition) is 2. The molecule has 0 atom stereocenters. The van der Waals surface area contributed by atoms with Gasteiger partial charge in [0.15, 0.2) is 0 Å². The minimum atomic E-state index is 1.10. The van der Waals surface area contributed by atoms with Crippen LogP contribution in [0, 0.1) is 0 Å². The number of hydrogen-bond acceptors (Lipinski definition) is 4. The zero-order valence-electron chi connectivity index (χ0n) is 5.90. The molecule has 11 heavy (non-hydrogen) atoms. The Morgan fingerprint density at radius 1 is 1.18 bits per heavy atom. The van der Waals surface area contributed by atoms with Gasteiger partial charge in [0.25, 0.3) is 0 Å². The van der Waals surface area contributed by atoms with Gasteiger partial charge in [-0.05, 0) is 12.1 Å². The monoisotopic (exact) mass is 167 g/mol. The van der Waals surface area contributed by atoms with Gasteiger partial charge in [-0.25, -0.2) is 4.98 Å². The molecule has 58 valence electrons. The van der Waals surface area contributed by atoms with Crippen LogP contribution < -0.4 is 11.7 Å². The number of hydrazine groups is 1. The maximum Gasteiger partial charge on any atom is 0.0812 e. The Labute approximate surface area is 68.6 Å². The first-order valence-corrected chi connectivity index (χ1v) is 3.96. The highest BCUT2D eigenvalue weighted by Gasteiger charge is 1.89. The van der Waals surface area contributed by atoms with E-state index < -0.39 is 0 Å². The highest BCUT2D eigenvalue weighted by molar-refractivity contribution is 7.16. The van der Waals surface area contributed by atoms with E-state index in [-0.39, 0.29) is 0 Å². The topological polar surface area (TPSA) is 64.9 Å². The molecular formula is C7H9N3S. The van der Waals surface area contributed by atoms with Crippen LogP contribution in [0.15, 0.2) is 29.8 Å². The standard InChI is InChI=1S/C7H5NS.H4N2/c1-2-4-7-6(3-1)8-5-9-7;1-2/h1-5H;1-2H2. The molecule has 2 aromatic rings. The Morgan fingerprint density at radius 3 is 2.64 bits per heavy atom. The molecule has 4 heteroatoms. The zero-order chi connectivity index (χ0) is 8.10. The van der Waals surface area contributed by atoms with Gasteiger partial charge in [-0.2, -0.15) is 0 Å². The molecule has 0 fully saturated rings. The average molecular weight is 167 g/mol. The molecule has 1 aromatic carbocycles. The first kappa shape index (κ1) is 8.13. The fraction of sp³-hybridized carbons (Fsp3) is 0. The predicted octanol–water partition coefficient (Wildman–Crippen LogP) is 1.12. The molecule has 0 saturated heterocycles. The number of fused-ring (bicyclic) bond motifs is 1. The van der Waals surface area contributed by atoms with Crippen LogP contribution in [0.3, 0.4) is 0 Å². The van der Waals surface area contributed by atoms with E-state index in [1.807, 2.05) is 23.7 Å². The lowest BCUT2D eigenvalue weighted by molar-refractivity contribution is 1.26. The third-order valence-electron chi connectivity index (χ3n) is 1.24. The van der Waals surface area contributed by atoms with Crippen LogP contribution in [0.1, 0.15) is 0 Å². The Bertz CT molecular complexity index is 288. The summed E-state index contributed by atoms with van der Waals surface area (Å²) in [5, 5.41) is 0. The van der Waals surface area contributed by atoms with Crippen LogP contribution in [-0.2, 0) is 0 Å². The minimum absolute atomic E-state index is 1.10. The second-order valence-electron chi connectivity index (χ2n) is 1.82. The molecule has 0 aliphatic heterocycles. The smallest absolute Gasteiger partial charge is 0.0812 e. The van der Waals surface area contributed by atoms with E-state index in [1.165, 1.54) is 4.70 Å². The number of rotatable bonds is 0. The Kier molecular flexibility index (Phi) is 2.97. The lowest BCUT2D eigenvalue weighted by atomic mass is 10.3. The molecule has 0 spiro atoms. The van der Waals surface area contributed by atoms with Crippen LogP contribution >= 0.6 is 11.3 Å². The molecule has 1 aromatic heterocycles. The van der Waals surface area contributed by atoms with Gasteiger partial charge in [-0.1, -0.05) is 12.1 Å². The molecule has 0 radical (unpaired) electrons. The molecule has 0 aliphatic rings. The van der Waals surface area contributed by atoms with Gasteiger partial charge in [-0.3, -0.25) is 11.7 Å². The van der Waals surface area contributed by atoms with Gasteiger partial charge in [-0.15, -0.1) is 11.3 Å². The molecule has 1 heterocycles. The molecule has 0 amide bonds. The molecular weight excluding hydrogens is 158 g/mol. The van der Waals surface area contributed by atoms with Crippen molar-refractivity contribution in [1.29, 1.82) is 0 Å².